The standard InChI is InChI=1S/C66H74Cl2N8O25/c1-23(2)12-34(70-5)58(87)75-49-51(82)26-7-10-38(32(67)14-26)97-40-16-28-17-41(55(40)101-65-56(54(85)53(84)42(22-77)99-65)100-44-21-66(4,69)57(86)24(3)96-44)98-39-11-8-27(15-33(39)68)52(83)50-62(91)74-48(64(94)95)31-18-29(78)19-37(80)45(31)30-13-25(6-9-36(30)79)46(59(88)76-50)73-60(89)47(28)72-43(81)20-35(63(92)93)71-61(49)90/h6-11,13-19,23-24,34-35,42,44,46-54,56-57,65,70,77-80,82-86H,12,20-22,69H2,1-5H3,(H,71,90)(H,72,81)(H,73,89)(H,74,91)(H,75,87)(H,76,88)(H,92,93)(H,94,95)/p-1/t24-,34-,35+,42-,44-,46-,47+,48+,49+,50+,51-,52-,53-,54+,56-,57+,65+,66-/m1/s1. The molecule has 7 heterocycles. The molecule has 0 spiro atoms. The third kappa shape index (κ3) is 15.8. The van der Waals surface area contributed by atoms with Gasteiger partial charge >= 0.3 is 5.97 Å². The molecule has 7 aliphatic rings. The quantitative estimate of drug-likeness (QED) is 0.0739. The van der Waals surface area contributed by atoms with Crippen molar-refractivity contribution in [3.63, 3.8) is 0 Å². The zero-order chi connectivity index (χ0) is 73.5. The van der Waals surface area contributed by atoms with Gasteiger partial charge in [0.1, 0.15) is 89.5 Å². The number of halogens is 2. The highest BCUT2D eigenvalue weighted by atomic mass is 35.5. The molecule has 0 aromatic heterocycles. The number of carbonyl (C=O) groups excluding carboxylic acids is 7. The molecule has 2 fully saturated rings. The van der Waals surface area contributed by atoms with Crippen LogP contribution in [-0.2, 0) is 52.6 Å². The van der Waals surface area contributed by atoms with Crippen molar-refractivity contribution in [2.45, 2.75) is 156 Å². The van der Waals surface area contributed by atoms with Gasteiger partial charge in [0.25, 0.3) is 0 Å². The number of aromatic hydroxyl groups is 3. The summed E-state index contributed by atoms with van der Waals surface area (Å²) in [6.45, 7) is 5.62. The number of nitrogens with one attached hydrogen (secondary N) is 7. The Morgan fingerprint density at radius 2 is 1.35 bits per heavy atom. The molecule has 0 saturated carbocycles. The predicted octanol–water partition coefficient (Wildman–Crippen LogP) is -0.629. The van der Waals surface area contributed by atoms with Gasteiger partial charge < -0.3 is 132 Å². The van der Waals surface area contributed by atoms with Crippen molar-refractivity contribution in [2.24, 2.45) is 11.7 Å². The Morgan fingerprint density at radius 3 is 1.93 bits per heavy atom. The van der Waals surface area contributed by atoms with Crippen LogP contribution in [0, 0.1) is 5.92 Å². The molecule has 6 amide bonds. The Hall–Kier alpha value is -9.20. The zero-order valence-electron chi connectivity index (χ0n) is 54.2. The molecule has 11 bridgehead atoms. The molecule has 18 atom stereocenters. The summed E-state index contributed by atoms with van der Waals surface area (Å²) in [4.78, 5) is 116. The third-order valence-corrected chi connectivity index (χ3v) is 18.3. The number of amides is 6. The molecule has 542 valence electrons. The fraction of sp³-hybridized carbons (Fsp3) is 0.424. The van der Waals surface area contributed by atoms with Gasteiger partial charge in [-0.2, -0.15) is 0 Å². The van der Waals surface area contributed by atoms with Gasteiger partial charge in [-0.25, -0.2) is 4.79 Å². The van der Waals surface area contributed by atoms with Crippen molar-refractivity contribution in [3.05, 3.63) is 117 Å². The summed E-state index contributed by atoms with van der Waals surface area (Å²) in [6.07, 6.45) is -18.9. The second kappa shape index (κ2) is 30.2. The van der Waals surface area contributed by atoms with Crippen LogP contribution in [-0.4, -0.2) is 191 Å². The molecule has 0 unspecified atom stereocenters. The molecule has 0 radical (unpaired) electrons. The van der Waals surface area contributed by atoms with Gasteiger partial charge in [-0.05, 0) is 116 Å². The second-order valence-corrected chi connectivity index (χ2v) is 26.4. The lowest BCUT2D eigenvalue weighted by molar-refractivity contribution is -0.333. The van der Waals surface area contributed by atoms with Crippen LogP contribution in [0.5, 0.6) is 46.0 Å². The number of likely N-dealkylation sites (N-methyl/N-ethyl adjacent to an activating group) is 1. The Labute approximate surface area is 583 Å². The Bertz CT molecular complexity index is 4070. The number of nitrogens with two attached hydrogens (primary N) is 1. The zero-order valence-corrected chi connectivity index (χ0v) is 55.7. The van der Waals surface area contributed by atoms with Crippen LogP contribution in [0.2, 0.25) is 10.0 Å². The maximum absolute atomic E-state index is 15.9. The van der Waals surface area contributed by atoms with Crippen molar-refractivity contribution in [2.75, 3.05) is 13.7 Å². The summed E-state index contributed by atoms with van der Waals surface area (Å²) in [5.74, 6) is -17.1. The van der Waals surface area contributed by atoms with Crippen LogP contribution in [0.15, 0.2) is 78.9 Å². The lowest BCUT2D eigenvalue weighted by Crippen LogP contribution is -2.64. The van der Waals surface area contributed by atoms with Crippen molar-refractivity contribution < 1.29 is 123 Å². The van der Waals surface area contributed by atoms with Gasteiger partial charge in [0.15, 0.2) is 23.9 Å². The Kier molecular flexibility index (Phi) is 22.2. The minimum absolute atomic E-state index is 0.101. The summed E-state index contributed by atoms with van der Waals surface area (Å²) in [6, 6.07) is -1.27. The van der Waals surface area contributed by atoms with Crippen LogP contribution in [0.3, 0.4) is 0 Å². The number of phenols is 3. The summed E-state index contributed by atoms with van der Waals surface area (Å²) in [5.41, 5.74) is 2.03. The highest BCUT2D eigenvalue weighted by molar-refractivity contribution is 6.32. The molecule has 101 heavy (non-hydrogen) atoms. The summed E-state index contributed by atoms with van der Waals surface area (Å²) in [7, 11) is 1.46. The lowest BCUT2D eigenvalue weighted by Gasteiger charge is -2.47. The fourth-order valence-electron chi connectivity index (χ4n) is 12.4. The molecule has 7 aliphatic heterocycles. The minimum Gasteiger partial charge on any atom is -0.548 e. The molecule has 2 saturated heterocycles. The number of aliphatic hydroxyl groups excluding tert-OH is 6. The average molecular weight is 1450 g/mol. The van der Waals surface area contributed by atoms with E-state index in [1.54, 1.807) is 13.8 Å². The molecule has 19 N–H and O–H groups in total. The summed E-state index contributed by atoms with van der Waals surface area (Å²) < 4.78 is 38.2. The van der Waals surface area contributed by atoms with E-state index < -0.39 is 242 Å². The third-order valence-electron chi connectivity index (χ3n) is 17.7. The smallest absolute Gasteiger partial charge is 0.326 e. The van der Waals surface area contributed by atoms with E-state index in [0.717, 1.165) is 72.8 Å². The first-order valence-electron chi connectivity index (χ1n) is 31.5. The number of carbonyl (C=O) groups is 8. The monoisotopic (exact) mass is 1450 g/mol. The van der Waals surface area contributed by atoms with Crippen molar-refractivity contribution in [1.82, 2.24) is 37.2 Å². The van der Waals surface area contributed by atoms with Gasteiger partial charge in [0, 0.05) is 29.2 Å². The average Bonchev–Trinajstić information content (AvgIpc) is 0.953. The Balaban J connectivity index is 1.23. The highest BCUT2D eigenvalue weighted by Gasteiger charge is 2.51. The number of benzene rings is 5. The number of hydrogen-bond donors (Lipinski definition) is 18. The van der Waals surface area contributed by atoms with Crippen molar-refractivity contribution in [3.8, 4) is 57.1 Å². The van der Waals surface area contributed by atoms with Gasteiger partial charge in [-0.15, -0.1) is 0 Å². The molecule has 12 rings (SSSR count). The maximum atomic E-state index is 15.9. The van der Waals surface area contributed by atoms with E-state index >= 15 is 9.59 Å². The topological polar surface area (TPSA) is 528 Å². The van der Waals surface area contributed by atoms with Gasteiger partial charge in [-0.3, -0.25) is 28.8 Å². The van der Waals surface area contributed by atoms with Crippen molar-refractivity contribution in [1.29, 1.82) is 0 Å². The lowest BCUT2D eigenvalue weighted by atomic mass is 9.86. The van der Waals surface area contributed by atoms with E-state index in [4.69, 9.17) is 57.4 Å². The van der Waals surface area contributed by atoms with Crippen LogP contribution in [0.1, 0.15) is 105 Å². The first kappa shape index (κ1) is 74.5. The van der Waals surface area contributed by atoms with E-state index in [1.165, 1.54) is 27.0 Å². The molecular weight excluding hydrogens is 1380 g/mol. The molecule has 5 aromatic carbocycles. The van der Waals surface area contributed by atoms with E-state index in [1.807, 2.05) is 0 Å². The summed E-state index contributed by atoms with van der Waals surface area (Å²) >= 11 is 14.1. The Morgan fingerprint density at radius 1 is 0.733 bits per heavy atom. The first-order valence-corrected chi connectivity index (χ1v) is 32.3. The minimum atomic E-state index is -2.36. The van der Waals surface area contributed by atoms with Gasteiger partial charge in [0.05, 0.1) is 53.3 Å². The number of carboxylic acids is 2. The largest absolute Gasteiger partial charge is 0.548 e. The van der Waals surface area contributed by atoms with Gasteiger partial charge in [0.2, 0.25) is 47.5 Å². The normalized spacial score (nSPS) is 29.6. The van der Waals surface area contributed by atoms with Crippen LogP contribution in [0.25, 0.3) is 11.1 Å². The summed E-state index contributed by atoms with van der Waals surface area (Å²) in [5, 5.41) is 143. The number of carboxylic acid groups (broad SMARTS) is 2. The number of aliphatic carboxylic acids is 2. The number of hydrogen-bond acceptors (Lipinski definition) is 26. The fourth-order valence-corrected chi connectivity index (χ4v) is 12.9. The predicted molar refractivity (Wildman–Crippen MR) is 345 cm³/mol. The van der Waals surface area contributed by atoms with Crippen molar-refractivity contribution >= 4 is 70.6 Å². The molecule has 5 aromatic rings. The van der Waals surface area contributed by atoms with E-state index in [0.29, 0.717) is 0 Å². The number of fused-ring (bicyclic) bond motifs is 16. The van der Waals surface area contributed by atoms with Crippen LogP contribution >= 0.6 is 23.2 Å². The number of ether oxygens (including phenoxy) is 6. The number of phenolic OH excluding ortho intramolecular Hbond substituents is 3. The SMILES string of the molecule is CN[C@H](CC(C)C)C(=O)N[C@@H]1C(=O)N[C@H](C(=O)O)CC(=O)N[C@@H]2C(=O)N[C@H]3C(=O)N[C@H](C(=O)N[C@H](C(=O)[O-])c4cc(O)cc(O)c4-c4cc3ccc4O)[C@H](O)c3ccc(c(Cl)c3)Oc3cc2cc(c3O[C@@H]2O[C@H](CO)[C@@H](O)[C@H](O)[C@H]2O[C@@H]2C[C@@](C)(N)[C@@H](O)[C@@H](C)O2)Oc2ccc(cc2Cl)[C@H]1O. The van der Waals surface area contributed by atoms with E-state index in [9.17, 15) is 84.9 Å². The second-order valence-electron chi connectivity index (χ2n) is 25.6. The molecule has 0 aliphatic carbocycles. The van der Waals surface area contributed by atoms with E-state index in [2.05, 4.69) is 37.2 Å². The molecular formula is C66H73Cl2N8O25-. The van der Waals surface area contributed by atoms with Gasteiger partial charge in [-0.1, -0.05) is 55.2 Å². The van der Waals surface area contributed by atoms with E-state index in [-0.39, 0.29) is 41.2 Å². The van der Waals surface area contributed by atoms with Crippen LogP contribution < -0.4 is 62.3 Å². The maximum Gasteiger partial charge on any atom is 0.326 e. The molecule has 35 heteroatoms. The van der Waals surface area contributed by atoms with Crippen LogP contribution in [0.4, 0.5) is 0 Å². The number of aliphatic hydroxyl groups is 6. The number of rotatable bonds is 12. The first-order chi connectivity index (χ1) is 47.7. The highest BCUT2D eigenvalue weighted by Crippen LogP contribution is 2.50. The molecule has 33 nitrogen and oxygen atoms in total.